The van der Waals surface area contributed by atoms with Crippen molar-refractivity contribution in [2.24, 2.45) is 0 Å². The highest BCUT2D eigenvalue weighted by Crippen LogP contribution is 2.32. The second kappa shape index (κ2) is 5.58. The van der Waals surface area contributed by atoms with Crippen molar-refractivity contribution in [2.75, 3.05) is 6.54 Å². The Labute approximate surface area is 107 Å². The van der Waals surface area contributed by atoms with Crippen LogP contribution in [0.3, 0.4) is 0 Å². The van der Waals surface area contributed by atoms with Crippen LogP contribution in [-0.4, -0.2) is 18.6 Å². The minimum atomic E-state index is -4.45. The van der Waals surface area contributed by atoms with Crippen LogP contribution in [0.4, 0.5) is 13.2 Å². The lowest BCUT2D eigenvalue weighted by Crippen LogP contribution is -2.37. The number of halogens is 3. The van der Waals surface area contributed by atoms with Crippen molar-refractivity contribution in [1.29, 1.82) is 0 Å². The first kappa shape index (κ1) is 13.8. The molecule has 0 saturated carbocycles. The predicted octanol–water partition coefficient (Wildman–Crippen LogP) is 1.62. The number of carbonyl (C=O) groups excluding carboxylic acids is 1. The second-order valence-electron chi connectivity index (χ2n) is 4.17. The number of esters is 1. The maximum absolute atomic E-state index is 12.7. The zero-order valence-corrected chi connectivity index (χ0v) is 9.96. The molecule has 1 unspecified atom stereocenters. The van der Waals surface area contributed by atoms with Crippen LogP contribution in [0.25, 0.3) is 0 Å². The number of carbonyl (C=O) groups is 1. The van der Waals surface area contributed by atoms with Gasteiger partial charge in [-0.15, -0.1) is 0 Å². The van der Waals surface area contributed by atoms with E-state index in [0.29, 0.717) is 13.0 Å². The van der Waals surface area contributed by atoms with E-state index in [4.69, 9.17) is 4.74 Å². The van der Waals surface area contributed by atoms with Gasteiger partial charge in [0.25, 0.3) is 0 Å². The molecule has 7 heteroatoms. The molecule has 0 aromatic heterocycles. The molecule has 1 aromatic carbocycles. The number of rotatable bonds is 3. The molecule has 1 atom stereocenters. The number of hydrogen-bond acceptors (Lipinski definition) is 4. The summed E-state index contributed by atoms with van der Waals surface area (Å²) in [4.78, 5) is 11.6. The second-order valence-corrected chi connectivity index (χ2v) is 4.17. The van der Waals surface area contributed by atoms with Crippen LogP contribution in [-0.2, 0) is 22.3 Å². The van der Waals surface area contributed by atoms with Crippen molar-refractivity contribution in [1.82, 2.24) is 10.9 Å². The highest BCUT2D eigenvalue weighted by atomic mass is 19.4. The summed E-state index contributed by atoms with van der Waals surface area (Å²) in [7, 11) is 0. The first-order chi connectivity index (χ1) is 8.98. The highest BCUT2D eigenvalue weighted by molar-refractivity contribution is 5.76. The Morgan fingerprint density at radius 2 is 2.11 bits per heavy atom. The fourth-order valence-corrected chi connectivity index (χ4v) is 1.83. The lowest BCUT2D eigenvalue weighted by Gasteiger charge is -2.14. The SMILES string of the molecule is O=C(OCc1ccccc1C(F)(F)F)C1CCNN1. The van der Waals surface area contributed by atoms with Crippen LogP contribution in [0.5, 0.6) is 0 Å². The Kier molecular flexibility index (Phi) is 4.06. The van der Waals surface area contributed by atoms with Gasteiger partial charge in [0.15, 0.2) is 0 Å². The van der Waals surface area contributed by atoms with Crippen LogP contribution < -0.4 is 10.9 Å². The quantitative estimate of drug-likeness (QED) is 0.822. The Balaban J connectivity index is 2.01. The van der Waals surface area contributed by atoms with Gasteiger partial charge in [-0.05, 0) is 12.5 Å². The third-order valence-corrected chi connectivity index (χ3v) is 2.81. The van der Waals surface area contributed by atoms with Gasteiger partial charge >= 0.3 is 12.1 Å². The monoisotopic (exact) mass is 274 g/mol. The van der Waals surface area contributed by atoms with Crippen molar-refractivity contribution >= 4 is 5.97 Å². The van der Waals surface area contributed by atoms with E-state index in [1.54, 1.807) is 0 Å². The summed E-state index contributed by atoms with van der Waals surface area (Å²) < 4.78 is 43.0. The number of hydrogen-bond donors (Lipinski definition) is 2. The summed E-state index contributed by atoms with van der Waals surface area (Å²) in [5.41, 5.74) is 4.62. The first-order valence-corrected chi connectivity index (χ1v) is 5.78. The molecule has 2 N–H and O–H groups in total. The van der Waals surface area contributed by atoms with Gasteiger partial charge in [0.2, 0.25) is 0 Å². The van der Waals surface area contributed by atoms with Crippen molar-refractivity contribution in [2.45, 2.75) is 25.2 Å². The van der Waals surface area contributed by atoms with Crippen LogP contribution in [0.2, 0.25) is 0 Å². The van der Waals surface area contributed by atoms with Crippen LogP contribution in [0, 0.1) is 0 Å². The van der Waals surface area contributed by atoms with Crippen molar-refractivity contribution < 1.29 is 22.7 Å². The van der Waals surface area contributed by atoms with E-state index < -0.39 is 23.8 Å². The van der Waals surface area contributed by atoms with E-state index in [0.717, 1.165) is 6.07 Å². The number of hydrazine groups is 1. The number of ether oxygens (including phenoxy) is 1. The maximum atomic E-state index is 12.7. The molecule has 1 aliphatic rings. The van der Waals surface area contributed by atoms with Gasteiger partial charge < -0.3 is 4.74 Å². The number of alkyl halides is 3. The normalized spacial score (nSPS) is 19.4. The lowest BCUT2D eigenvalue weighted by molar-refractivity contribution is -0.149. The number of nitrogens with one attached hydrogen (secondary N) is 2. The molecule has 1 fully saturated rings. The molecule has 1 heterocycles. The van der Waals surface area contributed by atoms with Crippen LogP contribution in [0.1, 0.15) is 17.5 Å². The molecule has 0 radical (unpaired) electrons. The zero-order valence-electron chi connectivity index (χ0n) is 9.96. The average molecular weight is 274 g/mol. The van der Waals surface area contributed by atoms with Gasteiger partial charge in [0.05, 0.1) is 5.56 Å². The van der Waals surface area contributed by atoms with Gasteiger partial charge in [-0.1, -0.05) is 18.2 Å². The smallest absolute Gasteiger partial charge is 0.416 e. The molecule has 0 aliphatic carbocycles. The fraction of sp³-hybridized carbons (Fsp3) is 0.417. The average Bonchev–Trinajstić information content (AvgIpc) is 2.89. The molecule has 4 nitrogen and oxygen atoms in total. The minimum absolute atomic E-state index is 0.0469. The standard InChI is InChI=1S/C12H13F3N2O2/c13-12(14,15)9-4-2-1-3-8(9)7-19-11(18)10-5-6-16-17-10/h1-4,10,16-17H,5-7H2. The van der Waals surface area contributed by atoms with E-state index in [1.807, 2.05) is 0 Å². The Morgan fingerprint density at radius 3 is 2.74 bits per heavy atom. The molecular weight excluding hydrogens is 261 g/mol. The van der Waals surface area contributed by atoms with Crippen LogP contribution in [0.15, 0.2) is 24.3 Å². The third-order valence-electron chi connectivity index (χ3n) is 2.81. The summed E-state index contributed by atoms with van der Waals surface area (Å²) in [6.07, 6.45) is -3.89. The van der Waals surface area contributed by atoms with Crippen LogP contribution >= 0.6 is 0 Å². The predicted molar refractivity (Wildman–Crippen MR) is 60.8 cm³/mol. The highest BCUT2D eigenvalue weighted by Gasteiger charge is 2.33. The molecule has 1 saturated heterocycles. The van der Waals surface area contributed by atoms with E-state index in [9.17, 15) is 18.0 Å². The maximum Gasteiger partial charge on any atom is 0.416 e. The van der Waals surface area contributed by atoms with E-state index in [1.165, 1.54) is 18.2 Å². The van der Waals surface area contributed by atoms with E-state index in [-0.39, 0.29) is 12.2 Å². The molecule has 0 amide bonds. The topological polar surface area (TPSA) is 50.4 Å². The Bertz CT molecular complexity index is 457. The molecule has 1 aromatic rings. The van der Waals surface area contributed by atoms with E-state index in [2.05, 4.69) is 10.9 Å². The molecule has 19 heavy (non-hydrogen) atoms. The number of benzene rings is 1. The lowest BCUT2D eigenvalue weighted by atomic mass is 10.1. The summed E-state index contributed by atoms with van der Waals surface area (Å²) in [5.74, 6) is -0.554. The van der Waals surface area contributed by atoms with Gasteiger partial charge in [0.1, 0.15) is 12.6 Å². The molecule has 2 rings (SSSR count). The molecule has 1 aliphatic heterocycles. The molecular formula is C12H13F3N2O2. The van der Waals surface area contributed by atoms with Gasteiger partial charge in [-0.2, -0.15) is 13.2 Å². The summed E-state index contributed by atoms with van der Waals surface area (Å²) in [6.45, 7) is 0.242. The summed E-state index contributed by atoms with van der Waals surface area (Å²) in [6, 6.07) is 4.55. The van der Waals surface area contributed by atoms with Gasteiger partial charge in [-0.25, -0.2) is 5.43 Å². The summed E-state index contributed by atoms with van der Waals surface area (Å²) in [5, 5.41) is 0. The fourth-order valence-electron chi connectivity index (χ4n) is 1.83. The first-order valence-electron chi connectivity index (χ1n) is 5.78. The van der Waals surface area contributed by atoms with Crippen molar-refractivity contribution in [3.05, 3.63) is 35.4 Å². The minimum Gasteiger partial charge on any atom is -0.460 e. The van der Waals surface area contributed by atoms with Crippen molar-refractivity contribution in [3.63, 3.8) is 0 Å². The summed E-state index contributed by atoms with van der Waals surface area (Å²) >= 11 is 0. The Morgan fingerprint density at radius 1 is 1.37 bits per heavy atom. The van der Waals surface area contributed by atoms with Gasteiger partial charge in [0, 0.05) is 12.1 Å². The van der Waals surface area contributed by atoms with E-state index >= 15 is 0 Å². The molecule has 104 valence electrons. The van der Waals surface area contributed by atoms with Crippen molar-refractivity contribution in [3.8, 4) is 0 Å². The molecule has 0 spiro atoms. The third kappa shape index (κ3) is 3.45. The largest absolute Gasteiger partial charge is 0.460 e. The van der Waals surface area contributed by atoms with Gasteiger partial charge in [-0.3, -0.25) is 10.2 Å². The molecule has 0 bridgehead atoms. The Hall–Kier alpha value is -1.60. The zero-order chi connectivity index (χ0) is 13.9.